The maximum atomic E-state index is 14.7. The molecule has 3 aromatic rings. The highest BCUT2D eigenvalue weighted by molar-refractivity contribution is 5.75. The van der Waals surface area contributed by atoms with Crippen LogP contribution in [0.1, 0.15) is 54.0 Å². The van der Waals surface area contributed by atoms with Gasteiger partial charge in [0, 0.05) is 31.8 Å². The van der Waals surface area contributed by atoms with E-state index in [1.54, 1.807) is 6.20 Å². The second-order valence-corrected chi connectivity index (χ2v) is 10.3. The van der Waals surface area contributed by atoms with E-state index in [9.17, 15) is 31.1 Å². The predicted octanol–water partition coefficient (Wildman–Crippen LogP) is 5.85. The van der Waals surface area contributed by atoms with Crippen LogP contribution in [-0.2, 0) is 33.8 Å². The maximum absolute atomic E-state index is 14.7. The van der Waals surface area contributed by atoms with Gasteiger partial charge in [0.2, 0.25) is 11.9 Å². The lowest BCUT2D eigenvalue weighted by Crippen LogP contribution is -2.56. The highest BCUT2D eigenvalue weighted by Crippen LogP contribution is 2.46. The van der Waals surface area contributed by atoms with Crippen LogP contribution in [0, 0.1) is 17.6 Å². The van der Waals surface area contributed by atoms with E-state index in [-0.39, 0.29) is 5.56 Å². The van der Waals surface area contributed by atoms with E-state index in [0.29, 0.717) is 38.2 Å². The lowest BCUT2D eigenvalue weighted by atomic mass is 9.81. The minimum absolute atomic E-state index is 0.323. The van der Waals surface area contributed by atoms with E-state index in [4.69, 9.17) is 4.74 Å². The fourth-order valence-corrected chi connectivity index (χ4v) is 5.85. The lowest BCUT2D eigenvalue weighted by Gasteiger charge is -2.37. The summed E-state index contributed by atoms with van der Waals surface area (Å²) in [5.74, 6) is -4.29. The first kappa shape index (κ1) is 28.1. The molecule has 2 atom stereocenters. The number of halogens is 6. The van der Waals surface area contributed by atoms with Crippen molar-refractivity contribution < 1.29 is 35.9 Å². The molecule has 1 spiro atoms. The molecule has 1 fully saturated rings. The third-order valence-corrected chi connectivity index (χ3v) is 7.77. The molecule has 0 saturated carbocycles. The standard InChI is InChI=1S/C29H27F6N3O2/c1-18(39)37-28(29(33,34)35,22-7-8-24(30)25(31)14-22)21-5-3-19(4-6-21)16-38-11-2-9-27(10-12-38)23-15-36-26(32)13-20(23)17-40-27/h3-8,13-15H,2,9-12,16-17H2,1H3,(H,37,39). The van der Waals surface area contributed by atoms with Gasteiger partial charge in [0.25, 0.3) is 0 Å². The first-order valence-electron chi connectivity index (χ1n) is 12.9. The molecule has 11 heteroatoms. The number of hydrogen-bond acceptors (Lipinski definition) is 4. The maximum Gasteiger partial charge on any atom is 0.420 e. The van der Waals surface area contributed by atoms with Gasteiger partial charge in [-0.15, -0.1) is 0 Å². The molecule has 0 radical (unpaired) electrons. The summed E-state index contributed by atoms with van der Waals surface area (Å²) in [6.07, 6.45) is -1.34. The van der Waals surface area contributed by atoms with E-state index in [2.05, 4.69) is 9.88 Å². The number of nitrogens with one attached hydrogen (secondary N) is 1. The average Bonchev–Trinajstić information content (AvgIpc) is 3.10. The Morgan fingerprint density at radius 3 is 2.40 bits per heavy atom. The Morgan fingerprint density at radius 2 is 1.73 bits per heavy atom. The van der Waals surface area contributed by atoms with Crippen molar-refractivity contribution in [2.45, 2.75) is 56.7 Å². The summed E-state index contributed by atoms with van der Waals surface area (Å²) in [7, 11) is 0. The fourth-order valence-electron chi connectivity index (χ4n) is 5.85. The predicted molar refractivity (Wildman–Crippen MR) is 133 cm³/mol. The van der Waals surface area contributed by atoms with E-state index >= 15 is 0 Å². The van der Waals surface area contributed by atoms with Crippen LogP contribution in [0.5, 0.6) is 0 Å². The van der Waals surface area contributed by atoms with E-state index in [0.717, 1.165) is 49.1 Å². The Kier molecular flexibility index (Phi) is 7.39. The van der Waals surface area contributed by atoms with Gasteiger partial charge in [0.15, 0.2) is 17.2 Å². The van der Waals surface area contributed by atoms with E-state index in [1.807, 2.05) is 5.32 Å². The monoisotopic (exact) mass is 563 g/mol. The van der Waals surface area contributed by atoms with Crippen LogP contribution in [0.25, 0.3) is 0 Å². The number of carbonyl (C=O) groups is 1. The zero-order valence-corrected chi connectivity index (χ0v) is 21.6. The normalized spacial score (nSPS) is 21.1. The minimum Gasteiger partial charge on any atom is -0.365 e. The second kappa shape index (κ2) is 10.5. The summed E-state index contributed by atoms with van der Waals surface area (Å²) in [6, 6.07) is 8.83. The van der Waals surface area contributed by atoms with Crippen molar-refractivity contribution in [1.82, 2.24) is 15.2 Å². The van der Waals surface area contributed by atoms with Crippen molar-refractivity contribution in [2.24, 2.45) is 0 Å². The van der Waals surface area contributed by atoms with Crippen molar-refractivity contribution in [2.75, 3.05) is 13.1 Å². The van der Waals surface area contributed by atoms with Crippen LogP contribution >= 0.6 is 0 Å². The molecule has 1 saturated heterocycles. The number of carbonyl (C=O) groups excluding carboxylic acids is 1. The van der Waals surface area contributed by atoms with Gasteiger partial charge >= 0.3 is 6.18 Å². The highest BCUT2D eigenvalue weighted by Gasteiger charge is 2.58. The van der Waals surface area contributed by atoms with Crippen molar-refractivity contribution >= 4 is 5.91 Å². The number of likely N-dealkylation sites (tertiary alicyclic amines) is 1. The Hall–Kier alpha value is -3.44. The van der Waals surface area contributed by atoms with E-state index in [1.165, 1.54) is 30.3 Å². The minimum atomic E-state index is -5.07. The molecular formula is C29H27F6N3O2. The summed E-state index contributed by atoms with van der Waals surface area (Å²) in [4.78, 5) is 17.9. The van der Waals surface area contributed by atoms with Crippen LogP contribution < -0.4 is 5.32 Å². The number of alkyl halides is 3. The van der Waals surface area contributed by atoms with Crippen LogP contribution in [0.3, 0.4) is 0 Å². The molecule has 2 aromatic carbocycles. The van der Waals surface area contributed by atoms with Gasteiger partial charge in [-0.05, 0) is 66.3 Å². The number of nitrogens with zero attached hydrogens (tertiary/aromatic N) is 2. The first-order chi connectivity index (χ1) is 18.9. The van der Waals surface area contributed by atoms with Gasteiger partial charge in [-0.2, -0.15) is 17.6 Å². The van der Waals surface area contributed by atoms with Gasteiger partial charge in [-0.25, -0.2) is 13.8 Å². The molecule has 1 N–H and O–H groups in total. The molecule has 5 nitrogen and oxygen atoms in total. The zero-order chi connectivity index (χ0) is 28.7. The Bertz CT molecular complexity index is 1410. The van der Waals surface area contributed by atoms with Crippen molar-refractivity contribution in [1.29, 1.82) is 0 Å². The van der Waals surface area contributed by atoms with Gasteiger partial charge in [0.1, 0.15) is 0 Å². The number of hydrogen-bond donors (Lipinski definition) is 1. The average molecular weight is 564 g/mol. The van der Waals surface area contributed by atoms with Gasteiger partial charge in [-0.1, -0.05) is 30.3 Å². The van der Waals surface area contributed by atoms with E-state index < -0.39 is 46.4 Å². The van der Waals surface area contributed by atoms with Crippen LogP contribution in [0.15, 0.2) is 54.7 Å². The molecule has 2 aliphatic rings. The number of rotatable bonds is 5. The van der Waals surface area contributed by atoms with Crippen molar-refractivity contribution in [3.63, 3.8) is 0 Å². The molecular weight excluding hydrogens is 536 g/mol. The van der Waals surface area contributed by atoms with Crippen molar-refractivity contribution in [3.8, 4) is 0 Å². The van der Waals surface area contributed by atoms with Crippen LogP contribution in [0.4, 0.5) is 26.3 Å². The molecule has 2 unspecified atom stereocenters. The molecule has 1 aromatic heterocycles. The Labute approximate surface area is 227 Å². The number of pyridine rings is 1. The molecule has 3 heterocycles. The molecule has 0 bridgehead atoms. The van der Waals surface area contributed by atoms with Gasteiger partial charge in [-0.3, -0.25) is 9.69 Å². The molecule has 1 amide bonds. The summed E-state index contributed by atoms with van der Waals surface area (Å²) in [5, 5.41) is 1.96. The second-order valence-electron chi connectivity index (χ2n) is 10.3. The quantitative estimate of drug-likeness (QED) is 0.313. The third kappa shape index (κ3) is 5.08. The van der Waals surface area contributed by atoms with Gasteiger partial charge < -0.3 is 10.1 Å². The number of aromatic nitrogens is 1. The molecule has 2 aliphatic heterocycles. The number of amides is 1. The Morgan fingerprint density at radius 1 is 1.00 bits per heavy atom. The van der Waals surface area contributed by atoms with Gasteiger partial charge in [0.05, 0.1) is 12.2 Å². The highest BCUT2D eigenvalue weighted by atomic mass is 19.4. The summed E-state index contributed by atoms with van der Waals surface area (Å²) < 4.78 is 91.3. The first-order valence-corrected chi connectivity index (χ1v) is 12.9. The fraction of sp³-hybridized carbons (Fsp3) is 0.379. The molecule has 212 valence electrons. The van der Waals surface area contributed by atoms with Crippen molar-refractivity contribution in [3.05, 3.63) is 100 Å². The number of fused-ring (bicyclic) bond motifs is 2. The summed E-state index contributed by atoms with van der Waals surface area (Å²) in [6.45, 7) is 3.08. The largest absolute Gasteiger partial charge is 0.420 e. The topological polar surface area (TPSA) is 54.5 Å². The third-order valence-electron chi connectivity index (χ3n) is 7.77. The lowest BCUT2D eigenvalue weighted by molar-refractivity contribution is -0.189. The number of ether oxygens (including phenoxy) is 1. The Balaban J connectivity index is 1.38. The molecule has 0 aliphatic carbocycles. The summed E-state index contributed by atoms with van der Waals surface area (Å²) in [5.41, 5.74) is -2.17. The zero-order valence-electron chi connectivity index (χ0n) is 21.6. The molecule has 40 heavy (non-hydrogen) atoms. The smallest absolute Gasteiger partial charge is 0.365 e. The molecule has 5 rings (SSSR count). The number of benzene rings is 2. The van der Waals surface area contributed by atoms with Crippen LogP contribution in [-0.4, -0.2) is 35.1 Å². The summed E-state index contributed by atoms with van der Waals surface area (Å²) >= 11 is 0. The SMILES string of the molecule is CC(=O)NC(c1ccc(CN2CCCC3(CC2)OCc2cc(F)ncc23)cc1)(c1ccc(F)c(F)c1)C(F)(F)F. The van der Waals surface area contributed by atoms with Crippen LogP contribution in [0.2, 0.25) is 0 Å².